The number of benzene rings is 8. The molecule has 3 heteroatoms. The van der Waals surface area contributed by atoms with Gasteiger partial charge in [0.25, 0.3) is 0 Å². The van der Waals surface area contributed by atoms with Gasteiger partial charge in [0.2, 0.25) is 0 Å². The molecule has 0 N–H and O–H groups in total. The van der Waals surface area contributed by atoms with Crippen LogP contribution in [0.15, 0.2) is 192 Å². The van der Waals surface area contributed by atoms with Crippen LogP contribution in [0.3, 0.4) is 0 Å². The van der Waals surface area contributed by atoms with Gasteiger partial charge < -0.3 is 9.32 Å². The van der Waals surface area contributed by atoms with Gasteiger partial charge in [-0.2, -0.15) is 0 Å². The summed E-state index contributed by atoms with van der Waals surface area (Å²) in [6.07, 6.45) is 0. The molecular weight excluding hydrogens is 639 g/mol. The molecule has 240 valence electrons. The normalized spacial score (nSPS) is 11.5. The van der Waals surface area contributed by atoms with Crippen LogP contribution < -0.4 is 4.90 Å². The van der Waals surface area contributed by atoms with Gasteiger partial charge in [-0.15, -0.1) is 11.3 Å². The summed E-state index contributed by atoms with van der Waals surface area (Å²) >= 11 is 1.85. The molecule has 0 aliphatic rings. The number of thiophene rings is 1. The predicted molar refractivity (Wildman–Crippen MR) is 218 cm³/mol. The molecule has 51 heavy (non-hydrogen) atoms. The van der Waals surface area contributed by atoms with Crippen LogP contribution in [0.2, 0.25) is 0 Å². The molecule has 2 heterocycles. The van der Waals surface area contributed by atoms with E-state index in [0.29, 0.717) is 0 Å². The fraction of sp³-hybridized carbons (Fsp3) is 0. The van der Waals surface area contributed by atoms with Gasteiger partial charge in [0.05, 0.1) is 16.8 Å². The number of fused-ring (bicyclic) bond motifs is 6. The largest absolute Gasteiger partial charge is 0.456 e. The first kappa shape index (κ1) is 29.5. The second-order valence-corrected chi connectivity index (χ2v) is 14.0. The van der Waals surface area contributed by atoms with E-state index in [1.807, 2.05) is 17.4 Å². The molecule has 0 bridgehead atoms. The minimum absolute atomic E-state index is 0.870. The summed E-state index contributed by atoms with van der Waals surface area (Å²) in [6.45, 7) is 0. The number of hydrogen-bond donors (Lipinski definition) is 0. The topological polar surface area (TPSA) is 16.4 Å². The summed E-state index contributed by atoms with van der Waals surface area (Å²) in [4.78, 5) is 2.41. The highest BCUT2D eigenvalue weighted by Crippen LogP contribution is 2.47. The van der Waals surface area contributed by atoms with E-state index in [0.717, 1.165) is 50.1 Å². The van der Waals surface area contributed by atoms with Gasteiger partial charge in [-0.25, -0.2) is 0 Å². The van der Waals surface area contributed by atoms with Crippen LogP contribution in [-0.4, -0.2) is 0 Å². The van der Waals surface area contributed by atoms with Crippen molar-refractivity contribution in [3.63, 3.8) is 0 Å². The Labute approximate surface area is 300 Å². The zero-order valence-corrected chi connectivity index (χ0v) is 28.5. The minimum atomic E-state index is 0.870. The maximum atomic E-state index is 6.42. The highest BCUT2D eigenvalue weighted by atomic mass is 32.1. The highest BCUT2D eigenvalue weighted by molar-refractivity contribution is 7.25. The van der Waals surface area contributed by atoms with E-state index in [1.165, 1.54) is 42.4 Å². The van der Waals surface area contributed by atoms with Gasteiger partial charge in [-0.3, -0.25) is 0 Å². The number of nitrogens with zero attached hydrogens (tertiary/aromatic N) is 1. The average Bonchev–Trinajstić information content (AvgIpc) is 3.77. The lowest BCUT2D eigenvalue weighted by molar-refractivity contribution is 0.669. The third-order valence-electron chi connectivity index (χ3n) is 9.88. The predicted octanol–water partition coefficient (Wildman–Crippen LogP) is 14.4. The number of hydrogen-bond acceptors (Lipinski definition) is 3. The smallest absolute Gasteiger partial charge is 0.137 e. The molecule has 0 radical (unpaired) electrons. The second kappa shape index (κ2) is 12.2. The summed E-state index contributed by atoms with van der Waals surface area (Å²) in [5.74, 6) is 0. The van der Waals surface area contributed by atoms with Crippen LogP contribution in [0, 0.1) is 0 Å². The Balaban J connectivity index is 1.17. The van der Waals surface area contributed by atoms with Crippen molar-refractivity contribution in [1.29, 1.82) is 0 Å². The molecular formula is C48H31NOS. The lowest BCUT2D eigenvalue weighted by Crippen LogP contribution is -2.11. The second-order valence-electron chi connectivity index (χ2n) is 12.9. The lowest BCUT2D eigenvalue weighted by atomic mass is 9.97. The zero-order chi connectivity index (χ0) is 33.7. The van der Waals surface area contributed by atoms with Crippen molar-refractivity contribution >= 4 is 70.5 Å². The van der Waals surface area contributed by atoms with Crippen LogP contribution in [0.4, 0.5) is 17.1 Å². The van der Waals surface area contributed by atoms with Crippen molar-refractivity contribution in [3.8, 4) is 33.4 Å². The third kappa shape index (κ3) is 5.10. The summed E-state index contributed by atoms with van der Waals surface area (Å²) in [6, 6.07) is 67.5. The van der Waals surface area contributed by atoms with Crippen LogP contribution in [0.5, 0.6) is 0 Å². The van der Waals surface area contributed by atoms with E-state index < -0.39 is 0 Å². The number of rotatable bonds is 6. The fourth-order valence-corrected chi connectivity index (χ4v) is 8.55. The molecule has 0 saturated heterocycles. The van der Waals surface area contributed by atoms with Crippen LogP contribution in [-0.2, 0) is 0 Å². The maximum Gasteiger partial charge on any atom is 0.137 e. The van der Waals surface area contributed by atoms with Crippen molar-refractivity contribution < 1.29 is 4.42 Å². The van der Waals surface area contributed by atoms with Gasteiger partial charge in [0.1, 0.15) is 11.2 Å². The number of furan rings is 1. The molecule has 0 spiro atoms. The molecule has 0 amide bonds. The quantitative estimate of drug-likeness (QED) is 0.175. The van der Waals surface area contributed by atoms with Gasteiger partial charge in [-0.05, 0) is 82.4 Å². The van der Waals surface area contributed by atoms with Crippen molar-refractivity contribution in [2.24, 2.45) is 0 Å². The van der Waals surface area contributed by atoms with Gasteiger partial charge in [-0.1, -0.05) is 133 Å². The van der Waals surface area contributed by atoms with Crippen molar-refractivity contribution in [2.75, 3.05) is 4.90 Å². The third-order valence-corrected chi connectivity index (χ3v) is 11.0. The Kier molecular flexibility index (Phi) is 7.04. The van der Waals surface area contributed by atoms with E-state index in [1.54, 1.807) is 0 Å². The Morgan fingerprint density at radius 3 is 1.88 bits per heavy atom. The molecule has 2 aromatic heterocycles. The lowest BCUT2D eigenvalue weighted by Gasteiger charge is -2.29. The average molecular weight is 670 g/mol. The SMILES string of the molecule is c1ccc(-c2ccc(-c3ccccc3N(c3cccc(-c4ccc5sc6ccccc6c5c4)c3)c3cccc4oc5ccccc5c34)cc2)cc1. The first-order chi connectivity index (χ1) is 25.3. The molecule has 0 unspecified atom stereocenters. The molecule has 0 aliphatic heterocycles. The van der Waals surface area contributed by atoms with E-state index in [9.17, 15) is 0 Å². The Bertz CT molecular complexity index is 2860. The number of anilines is 3. The molecule has 10 rings (SSSR count). The number of para-hydroxylation sites is 2. The van der Waals surface area contributed by atoms with E-state index in [2.05, 4.69) is 187 Å². The van der Waals surface area contributed by atoms with Gasteiger partial charge >= 0.3 is 0 Å². The van der Waals surface area contributed by atoms with Crippen LogP contribution in [0.1, 0.15) is 0 Å². The molecule has 2 nitrogen and oxygen atoms in total. The molecule has 0 atom stereocenters. The summed E-state index contributed by atoms with van der Waals surface area (Å²) in [7, 11) is 0. The minimum Gasteiger partial charge on any atom is -0.456 e. The highest BCUT2D eigenvalue weighted by Gasteiger charge is 2.22. The molecule has 8 aromatic carbocycles. The molecule has 0 saturated carbocycles. The Hall–Kier alpha value is -6.42. The van der Waals surface area contributed by atoms with Gasteiger partial charge in [0.15, 0.2) is 0 Å². The zero-order valence-electron chi connectivity index (χ0n) is 27.7. The van der Waals surface area contributed by atoms with Crippen molar-refractivity contribution in [1.82, 2.24) is 0 Å². The fourth-order valence-electron chi connectivity index (χ4n) is 7.47. The van der Waals surface area contributed by atoms with Crippen molar-refractivity contribution in [2.45, 2.75) is 0 Å². The van der Waals surface area contributed by atoms with Crippen LogP contribution in [0.25, 0.3) is 75.5 Å². The first-order valence-corrected chi connectivity index (χ1v) is 18.1. The monoisotopic (exact) mass is 669 g/mol. The van der Waals surface area contributed by atoms with E-state index >= 15 is 0 Å². The van der Waals surface area contributed by atoms with Crippen molar-refractivity contribution in [3.05, 3.63) is 188 Å². The molecule has 10 aromatic rings. The standard InChI is InChI=1S/C48H31NOS/c1-2-12-32(13-3-1)33-24-26-34(27-25-33)38-16-4-7-19-42(38)49(43-20-11-22-45-48(43)40-18-5-8-21-44(40)50-45)37-15-10-14-35(30-37)36-28-29-47-41(31-36)39-17-6-9-23-46(39)51-47/h1-31H. The summed E-state index contributed by atoms with van der Waals surface area (Å²) in [5.41, 5.74) is 12.1. The molecule has 0 aliphatic carbocycles. The van der Waals surface area contributed by atoms with E-state index in [4.69, 9.17) is 4.42 Å². The Morgan fingerprint density at radius 1 is 0.373 bits per heavy atom. The van der Waals surface area contributed by atoms with E-state index in [-0.39, 0.29) is 0 Å². The van der Waals surface area contributed by atoms with Crippen LogP contribution >= 0.6 is 11.3 Å². The Morgan fingerprint density at radius 2 is 0.980 bits per heavy atom. The summed E-state index contributed by atoms with van der Waals surface area (Å²) in [5, 5.41) is 4.81. The van der Waals surface area contributed by atoms with Gasteiger partial charge in [0, 0.05) is 36.8 Å². The first-order valence-electron chi connectivity index (χ1n) is 17.3. The maximum absolute atomic E-state index is 6.42. The molecule has 0 fully saturated rings. The summed E-state index contributed by atoms with van der Waals surface area (Å²) < 4.78 is 9.05.